The number of carbonyl (C=O) groups is 4. The van der Waals surface area contributed by atoms with E-state index in [2.05, 4.69) is 10.6 Å². The molecule has 0 bridgehead atoms. The van der Waals surface area contributed by atoms with E-state index in [1.807, 2.05) is 13.8 Å². The number of rotatable bonds is 14. The lowest BCUT2D eigenvalue weighted by molar-refractivity contribution is -0.148. The molecule has 4 unspecified atom stereocenters. The van der Waals surface area contributed by atoms with E-state index in [0.717, 1.165) is 25.7 Å². The second kappa shape index (κ2) is 15.5. The first-order valence-electron chi connectivity index (χ1n) is 14.9. The Morgan fingerprint density at radius 2 is 1.63 bits per heavy atom. The number of hydrogen-bond acceptors (Lipinski definition) is 5. The minimum Gasteiger partial charge on any atom is -0.478 e. The molecule has 0 radical (unpaired) electrons. The standard InChI is InChI=1S/C30H41F4N3O6/c1-3-16(4-2)26(38)29(41)37-15-19(17-7-5-6-8-17)13-24(37)28(40)36-23(14-25(33)34)27(39)35-10-9-20-21(31)11-18(30(42)43)12-22(20)32/h11-12,16-17,19,23-26,38H,3-10,13-15H2,1-2H3,(H,35,39)(H,36,40)(H,42,43). The quantitative estimate of drug-likeness (QED) is 0.236. The molecule has 1 saturated heterocycles. The van der Waals surface area contributed by atoms with Crippen molar-refractivity contribution in [2.45, 2.75) is 96.2 Å². The largest absolute Gasteiger partial charge is 0.478 e. The molecule has 1 aromatic carbocycles. The van der Waals surface area contributed by atoms with Gasteiger partial charge in [-0.1, -0.05) is 52.4 Å². The minimum atomic E-state index is -2.97. The Balaban J connectivity index is 1.72. The van der Waals surface area contributed by atoms with Crippen molar-refractivity contribution in [3.8, 4) is 0 Å². The molecule has 4 N–H and O–H groups in total. The maximum atomic E-state index is 14.2. The molecule has 1 saturated carbocycles. The van der Waals surface area contributed by atoms with Crippen LogP contribution in [-0.2, 0) is 20.8 Å². The second-order valence-electron chi connectivity index (χ2n) is 11.5. The summed E-state index contributed by atoms with van der Waals surface area (Å²) in [5, 5.41) is 24.4. The van der Waals surface area contributed by atoms with E-state index >= 15 is 0 Å². The number of nitrogens with one attached hydrogen (secondary N) is 2. The monoisotopic (exact) mass is 615 g/mol. The van der Waals surface area contributed by atoms with Gasteiger partial charge >= 0.3 is 5.97 Å². The molecule has 3 amide bonds. The topological polar surface area (TPSA) is 136 Å². The highest BCUT2D eigenvalue weighted by Crippen LogP contribution is 2.39. The second-order valence-corrected chi connectivity index (χ2v) is 11.5. The number of carbonyl (C=O) groups excluding carboxylic acids is 3. The molecule has 13 heteroatoms. The molecule has 2 fully saturated rings. The molecule has 4 atom stereocenters. The number of aliphatic hydroxyl groups is 1. The number of alkyl halides is 2. The van der Waals surface area contributed by atoms with Crippen molar-refractivity contribution >= 4 is 23.7 Å². The zero-order valence-corrected chi connectivity index (χ0v) is 24.5. The third-order valence-electron chi connectivity index (χ3n) is 8.84. The van der Waals surface area contributed by atoms with Crippen LogP contribution < -0.4 is 10.6 Å². The fourth-order valence-corrected chi connectivity index (χ4v) is 6.31. The van der Waals surface area contributed by atoms with E-state index in [9.17, 15) is 41.8 Å². The van der Waals surface area contributed by atoms with Gasteiger partial charge in [-0.05, 0) is 42.7 Å². The van der Waals surface area contributed by atoms with Gasteiger partial charge in [0.2, 0.25) is 18.2 Å². The van der Waals surface area contributed by atoms with Crippen molar-refractivity contribution in [2.75, 3.05) is 13.1 Å². The Hall–Kier alpha value is -3.22. The Kier molecular flexibility index (Phi) is 12.3. The summed E-state index contributed by atoms with van der Waals surface area (Å²) in [5.41, 5.74) is -1.08. The summed E-state index contributed by atoms with van der Waals surface area (Å²) in [7, 11) is 0. The summed E-state index contributed by atoms with van der Waals surface area (Å²) in [6.07, 6.45) is -0.366. The average molecular weight is 616 g/mol. The maximum Gasteiger partial charge on any atom is 0.335 e. The molecule has 240 valence electrons. The van der Waals surface area contributed by atoms with Crippen LogP contribution in [-0.4, -0.2) is 76.5 Å². The fourth-order valence-electron chi connectivity index (χ4n) is 6.31. The van der Waals surface area contributed by atoms with Crippen molar-refractivity contribution in [2.24, 2.45) is 17.8 Å². The number of amides is 3. The first-order valence-corrected chi connectivity index (χ1v) is 14.9. The van der Waals surface area contributed by atoms with E-state index in [1.54, 1.807) is 0 Å². The van der Waals surface area contributed by atoms with Gasteiger partial charge in [0.25, 0.3) is 5.91 Å². The van der Waals surface area contributed by atoms with Gasteiger partial charge in [0.05, 0.1) is 5.56 Å². The molecule has 3 rings (SSSR count). The van der Waals surface area contributed by atoms with Crippen molar-refractivity contribution in [3.63, 3.8) is 0 Å². The first kappa shape index (κ1) is 34.3. The summed E-state index contributed by atoms with van der Waals surface area (Å²) in [6.45, 7) is 3.57. The Morgan fingerprint density at radius 1 is 1.02 bits per heavy atom. The lowest BCUT2D eigenvalue weighted by Gasteiger charge is -2.30. The molecule has 43 heavy (non-hydrogen) atoms. The zero-order valence-electron chi connectivity index (χ0n) is 24.5. The van der Waals surface area contributed by atoms with E-state index in [1.165, 1.54) is 4.90 Å². The van der Waals surface area contributed by atoms with Gasteiger partial charge in [-0.15, -0.1) is 0 Å². The number of carboxylic acid groups (broad SMARTS) is 1. The molecule has 1 aromatic rings. The van der Waals surface area contributed by atoms with Crippen LogP contribution in [0.15, 0.2) is 12.1 Å². The molecule has 1 aliphatic heterocycles. The van der Waals surface area contributed by atoms with Crippen LogP contribution in [0.3, 0.4) is 0 Å². The van der Waals surface area contributed by atoms with Crippen molar-refractivity contribution in [1.82, 2.24) is 15.5 Å². The molecular formula is C30H41F4N3O6. The number of benzene rings is 1. The van der Waals surface area contributed by atoms with Gasteiger partial charge in [0, 0.05) is 25.1 Å². The number of aliphatic hydroxyl groups excluding tert-OH is 1. The highest BCUT2D eigenvalue weighted by Gasteiger charge is 2.45. The molecule has 0 aromatic heterocycles. The lowest BCUT2D eigenvalue weighted by Crippen LogP contribution is -2.55. The van der Waals surface area contributed by atoms with Crippen LogP contribution in [0.4, 0.5) is 17.6 Å². The molecule has 2 aliphatic rings. The van der Waals surface area contributed by atoms with E-state index in [4.69, 9.17) is 5.11 Å². The number of nitrogens with zero attached hydrogens (tertiary/aromatic N) is 1. The van der Waals surface area contributed by atoms with Gasteiger partial charge in [0.1, 0.15) is 29.8 Å². The Labute approximate surface area is 248 Å². The van der Waals surface area contributed by atoms with Crippen LogP contribution in [0.2, 0.25) is 0 Å². The Morgan fingerprint density at radius 3 is 2.16 bits per heavy atom. The average Bonchev–Trinajstić information content (AvgIpc) is 3.64. The van der Waals surface area contributed by atoms with E-state index < -0.39 is 83.9 Å². The fraction of sp³-hybridized carbons (Fsp3) is 0.667. The summed E-state index contributed by atoms with van der Waals surface area (Å²) in [6, 6.07) is -1.47. The smallest absolute Gasteiger partial charge is 0.335 e. The third kappa shape index (κ3) is 8.67. The van der Waals surface area contributed by atoms with Crippen LogP contribution in [0.1, 0.15) is 81.1 Å². The van der Waals surface area contributed by atoms with Crippen LogP contribution in [0.5, 0.6) is 0 Å². The zero-order chi connectivity index (χ0) is 31.8. The maximum absolute atomic E-state index is 14.2. The molecule has 0 spiro atoms. The summed E-state index contributed by atoms with van der Waals surface area (Å²) in [4.78, 5) is 52.0. The highest BCUT2D eigenvalue weighted by atomic mass is 19.3. The first-order chi connectivity index (χ1) is 20.4. The van der Waals surface area contributed by atoms with Crippen LogP contribution >= 0.6 is 0 Å². The SMILES string of the molecule is CCC(CC)C(O)C(=O)N1CC(C2CCCC2)CC1C(=O)NC(CC(F)F)C(=O)NCCc1c(F)cc(C(=O)O)cc1F. The molecule has 9 nitrogen and oxygen atoms in total. The van der Waals surface area contributed by atoms with Gasteiger partial charge in [-0.2, -0.15) is 0 Å². The summed E-state index contributed by atoms with van der Waals surface area (Å²) < 4.78 is 55.4. The van der Waals surface area contributed by atoms with Crippen molar-refractivity contribution < 1.29 is 47.0 Å². The number of carboxylic acids is 1. The van der Waals surface area contributed by atoms with Gasteiger partial charge < -0.3 is 25.7 Å². The third-order valence-corrected chi connectivity index (χ3v) is 8.84. The predicted octanol–water partition coefficient (Wildman–Crippen LogP) is 3.67. The number of hydrogen-bond donors (Lipinski definition) is 4. The number of aromatic carboxylic acids is 1. The number of halogens is 4. The normalized spacial score (nSPS) is 20.4. The lowest BCUT2D eigenvalue weighted by atomic mass is 9.89. The van der Waals surface area contributed by atoms with Crippen molar-refractivity contribution in [3.05, 3.63) is 34.9 Å². The predicted molar refractivity (Wildman–Crippen MR) is 148 cm³/mol. The Bertz CT molecular complexity index is 1140. The minimum absolute atomic E-state index is 0.00390. The van der Waals surface area contributed by atoms with Gasteiger partial charge in [-0.3, -0.25) is 14.4 Å². The van der Waals surface area contributed by atoms with Gasteiger partial charge in [-0.25, -0.2) is 22.4 Å². The van der Waals surface area contributed by atoms with E-state index in [0.29, 0.717) is 30.9 Å². The van der Waals surface area contributed by atoms with Gasteiger partial charge in [0.15, 0.2) is 0 Å². The summed E-state index contributed by atoms with van der Waals surface area (Å²) in [5.74, 6) is -6.20. The molecule has 1 aliphatic carbocycles. The van der Waals surface area contributed by atoms with E-state index in [-0.39, 0.29) is 31.3 Å². The van der Waals surface area contributed by atoms with Crippen molar-refractivity contribution in [1.29, 1.82) is 0 Å². The number of likely N-dealkylation sites (tertiary alicyclic amines) is 1. The van der Waals surface area contributed by atoms with Crippen LogP contribution in [0.25, 0.3) is 0 Å². The van der Waals surface area contributed by atoms with Crippen LogP contribution in [0, 0.1) is 29.4 Å². The molecule has 1 heterocycles. The molecular weight excluding hydrogens is 574 g/mol. The summed E-state index contributed by atoms with van der Waals surface area (Å²) >= 11 is 0. The highest BCUT2D eigenvalue weighted by molar-refractivity contribution is 5.93.